The predicted molar refractivity (Wildman–Crippen MR) is 114 cm³/mol. The van der Waals surface area contributed by atoms with Crippen molar-refractivity contribution in [3.63, 3.8) is 0 Å². The first-order chi connectivity index (χ1) is 13.6. The van der Waals surface area contributed by atoms with Gasteiger partial charge in [-0.05, 0) is 42.2 Å². The molecule has 2 aromatic rings. The molecule has 2 aromatic carbocycles. The number of hydrogen-bond acceptors (Lipinski definition) is 5. The van der Waals surface area contributed by atoms with Crippen LogP contribution >= 0.6 is 23.4 Å². The van der Waals surface area contributed by atoms with Crippen molar-refractivity contribution in [3.05, 3.63) is 58.6 Å². The minimum atomic E-state index is -0.160. The van der Waals surface area contributed by atoms with Gasteiger partial charge in [0.2, 0.25) is 0 Å². The zero-order valence-electron chi connectivity index (χ0n) is 16.1. The number of morpholine rings is 1. The van der Waals surface area contributed by atoms with Crippen LogP contribution in [0, 0.1) is 0 Å². The molecule has 1 aliphatic heterocycles. The Labute approximate surface area is 175 Å². The second-order valence-electron chi connectivity index (χ2n) is 6.49. The van der Waals surface area contributed by atoms with Gasteiger partial charge >= 0.3 is 0 Å². The summed E-state index contributed by atoms with van der Waals surface area (Å²) in [4.78, 5) is 16.1. The van der Waals surface area contributed by atoms with E-state index in [0.29, 0.717) is 30.3 Å². The molecule has 150 valence electrons. The molecule has 3 rings (SSSR count). The number of thioether (sulfide) groups is 1. The lowest BCUT2D eigenvalue weighted by Crippen LogP contribution is -2.43. The molecule has 1 aliphatic rings. The largest absolute Gasteiger partial charge is 0.497 e. The molecule has 1 saturated heterocycles. The van der Waals surface area contributed by atoms with Gasteiger partial charge in [0.1, 0.15) is 5.75 Å². The molecular formula is C21H25ClN2O3S. The molecule has 1 fully saturated rings. The van der Waals surface area contributed by atoms with E-state index in [9.17, 15) is 4.79 Å². The van der Waals surface area contributed by atoms with E-state index in [2.05, 4.69) is 10.2 Å². The maximum atomic E-state index is 12.8. The molecule has 1 atom stereocenters. The Bertz CT molecular complexity index is 795. The maximum Gasteiger partial charge on any atom is 0.252 e. The summed E-state index contributed by atoms with van der Waals surface area (Å²) in [5.74, 6) is 0.654. The van der Waals surface area contributed by atoms with Crippen LogP contribution in [0.15, 0.2) is 47.4 Å². The number of benzene rings is 2. The molecule has 0 bridgehead atoms. The van der Waals surface area contributed by atoms with Crippen molar-refractivity contribution in [1.29, 1.82) is 0 Å². The first kappa shape index (κ1) is 21.0. The van der Waals surface area contributed by atoms with Gasteiger partial charge in [0.05, 0.1) is 37.0 Å². The summed E-state index contributed by atoms with van der Waals surface area (Å²) < 4.78 is 10.8. The molecule has 0 aromatic heterocycles. The molecule has 0 aliphatic carbocycles. The van der Waals surface area contributed by atoms with Gasteiger partial charge in [-0.25, -0.2) is 0 Å². The Hall–Kier alpha value is -1.73. The summed E-state index contributed by atoms with van der Waals surface area (Å²) >= 11 is 7.84. The number of ether oxygens (including phenoxy) is 2. The van der Waals surface area contributed by atoms with Crippen LogP contribution in [0.25, 0.3) is 0 Å². The third-order valence-electron chi connectivity index (χ3n) is 4.86. The number of methoxy groups -OCH3 is 1. The highest BCUT2D eigenvalue weighted by atomic mass is 35.5. The Morgan fingerprint density at radius 1 is 1.25 bits per heavy atom. The molecular weight excluding hydrogens is 396 g/mol. The van der Waals surface area contributed by atoms with Crippen LogP contribution in [0.5, 0.6) is 5.75 Å². The second-order valence-corrected chi connectivity index (χ2v) is 7.78. The van der Waals surface area contributed by atoms with E-state index in [-0.39, 0.29) is 11.9 Å². The van der Waals surface area contributed by atoms with Crippen LogP contribution < -0.4 is 10.1 Å². The van der Waals surface area contributed by atoms with E-state index in [1.807, 2.05) is 42.7 Å². The van der Waals surface area contributed by atoms with Gasteiger partial charge in [-0.2, -0.15) is 0 Å². The number of nitrogens with zero attached hydrogens (tertiary/aromatic N) is 1. The monoisotopic (exact) mass is 420 g/mol. The second kappa shape index (κ2) is 10.2. The van der Waals surface area contributed by atoms with Crippen molar-refractivity contribution in [2.75, 3.05) is 46.2 Å². The summed E-state index contributed by atoms with van der Waals surface area (Å²) in [6.07, 6.45) is 1.98. The SMILES string of the molecule is COc1ccc(C(CNC(=O)c2cc(SC)ccc2Cl)N2CCOCC2)cc1. The average Bonchev–Trinajstić information content (AvgIpc) is 2.75. The quantitative estimate of drug-likeness (QED) is 0.689. The lowest BCUT2D eigenvalue weighted by atomic mass is 10.0. The first-order valence-electron chi connectivity index (χ1n) is 9.20. The fourth-order valence-electron chi connectivity index (χ4n) is 3.26. The molecule has 5 nitrogen and oxygen atoms in total. The molecule has 0 saturated carbocycles. The number of rotatable bonds is 7. The third-order valence-corrected chi connectivity index (χ3v) is 5.92. The van der Waals surface area contributed by atoms with Crippen LogP contribution in [0.1, 0.15) is 22.0 Å². The van der Waals surface area contributed by atoms with Crippen LogP contribution in [0.3, 0.4) is 0 Å². The summed E-state index contributed by atoms with van der Waals surface area (Å²) in [5.41, 5.74) is 1.64. The van der Waals surface area contributed by atoms with E-state index in [1.54, 1.807) is 24.9 Å². The van der Waals surface area contributed by atoms with E-state index in [0.717, 1.165) is 29.3 Å². The lowest BCUT2D eigenvalue weighted by molar-refractivity contribution is 0.0162. The number of halogens is 1. The maximum absolute atomic E-state index is 12.8. The smallest absolute Gasteiger partial charge is 0.252 e. The molecule has 1 heterocycles. The number of hydrogen-bond donors (Lipinski definition) is 1. The molecule has 28 heavy (non-hydrogen) atoms. The van der Waals surface area contributed by atoms with Crippen molar-refractivity contribution in [3.8, 4) is 5.75 Å². The van der Waals surface area contributed by atoms with Crippen LogP contribution in [-0.2, 0) is 4.74 Å². The van der Waals surface area contributed by atoms with Gasteiger partial charge in [-0.3, -0.25) is 9.69 Å². The molecule has 1 N–H and O–H groups in total. The van der Waals surface area contributed by atoms with Gasteiger partial charge in [-0.15, -0.1) is 11.8 Å². The molecule has 7 heteroatoms. The van der Waals surface area contributed by atoms with E-state index >= 15 is 0 Å². The predicted octanol–water partition coefficient (Wildman–Crippen LogP) is 3.87. The Morgan fingerprint density at radius 3 is 2.61 bits per heavy atom. The number of carbonyl (C=O) groups excluding carboxylic acids is 1. The van der Waals surface area contributed by atoms with E-state index in [1.165, 1.54) is 0 Å². The minimum absolute atomic E-state index is 0.0567. The summed E-state index contributed by atoms with van der Waals surface area (Å²) in [6, 6.07) is 13.6. The summed E-state index contributed by atoms with van der Waals surface area (Å²) in [5, 5.41) is 3.53. The van der Waals surface area contributed by atoms with Gasteiger partial charge in [0.25, 0.3) is 5.91 Å². The fourth-order valence-corrected chi connectivity index (χ4v) is 3.91. The lowest BCUT2D eigenvalue weighted by Gasteiger charge is -2.35. The van der Waals surface area contributed by atoms with Crippen LogP contribution in [-0.4, -0.2) is 57.0 Å². The van der Waals surface area contributed by atoms with E-state index < -0.39 is 0 Å². The highest BCUT2D eigenvalue weighted by molar-refractivity contribution is 7.98. The highest BCUT2D eigenvalue weighted by Crippen LogP contribution is 2.25. The summed E-state index contributed by atoms with van der Waals surface area (Å²) in [7, 11) is 1.65. The zero-order valence-corrected chi connectivity index (χ0v) is 17.7. The van der Waals surface area contributed by atoms with Crippen LogP contribution in [0.4, 0.5) is 0 Å². The van der Waals surface area contributed by atoms with Gasteiger partial charge in [0, 0.05) is 24.5 Å². The molecule has 1 amide bonds. The Balaban J connectivity index is 1.76. The highest BCUT2D eigenvalue weighted by Gasteiger charge is 2.24. The van der Waals surface area contributed by atoms with Gasteiger partial charge < -0.3 is 14.8 Å². The van der Waals surface area contributed by atoms with Crippen molar-refractivity contribution in [2.45, 2.75) is 10.9 Å². The van der Waals surface area contributed by atoms with Crippen molar-refractivity contribution in [1.82, 2.24) is 10.2 Å². The fraction of sp³-hybridized carbons (Fsp3) is 0.381. The Kier molecular flexibility index (Phi) is 7.62. The van der Waals surface area contributed by atoms with Crippen molar-refractivity contribution >= 4 is 29.3 Å². The molecule has 1 unspecified atom stereocenters. The van der Waals surface area contributed by atoms with Gasteiger partial charge in [0.15, 0.2) is 0 Å². The van der Waals surface area contributed by atoms with Gasteiger partial charge in [-0.1, -0.05) is 23.7 Å². The van der Waals surface area contributed by atoms with Crippen molar-refractivity contribution < 1.29 is 14.3 Å². The zero-order chi connectivity index (χ0) is 19.9. The number of nitrogens with one attached hydrogen (secondary N) is 1. The standard InChI is InChI=1S/C21H25ClN2O3S/c1-26-16-5-3-15(4-6-16)20(24-9-11-27-12-10-24)14-23-21(25)18-13-17(28-2)7-8-19(18)22/h3-8,13,20H,9-12,14H2,1-2H3,(H,23,25). The van der Waals surface area contributed by atoms with Crippen molar-refractivity contribution in [2.24, 2.45) is 0 Å². The molecule has 0 radical (unpaired) electrons. The number of amides is 1. The van der Waals surface area contributed by atoms with Crippen LogP contribution in [0.2, 0.25) is 5.02 Å². The normalized spacial score (nSPS) is 15.8. The van der Waals surface area contributed by atoms with E-state index in [4.69, 9.17) is 21.1 Å². The third kappa shape index (κ3) is 5.20. The minimum Gasteiger partial charge on any atom is -0.497 e. The topological polar surface area (TPSA) is 50.8 Å². The molecule has 0 spiro atoms. The summed E-state index contributed by atoms with van der Waals surface area (Å²) in [6.45, 7) is 3.54. The number of carbonyl (C=O) groups is 1. The average molecular weight is 421 g/mol. The first-order valence-corrected chi connectivity index (χ1v) is 10.8. The Morgan fingerprint density at radius 2 is 1.96 bits per heavy atom.